The van der Waals surface area contributed by atoms with Gasteiger partial charge in [-0.2, -0.15) is 5.10 Å². The molecule has 5 heteroatoms. The quantitative estimate of drug-likeness (QED) is 0.739. The number of phenols is 1. The number of hydrogen-bond donors (Lipinski definition) is 2. The van der Waals surface area contributed by atoms with Gasteiger partial charge in [0.2, 0.25) is 0 Å². The molecule has 0 saturated heterocycles. The van der Waals surface area contributed by atoms with Crippen LogP contribution in [0.4, 0.5) is 8.78 Å². The first-order chi connectivity index (χ1) is 10.5. The number of benzene rings is 2. The van der Waals surface area contributed by atoms with Crippen molar-refractivity contribution in [2.24, 2.45) is 0 Å². The summed E-state index contributed by atoms with van der Waals surface area (Å²) >= 11 is 0. The van der Waals surface area contributed by atoms with Gasteiger partial charge in [-0.3, -0.25) is 5.10 Å². The van der Waals surface area contributed by atoms with E-state index in [-0.39, 0.29) is 17.0 Å². The standard InChI is InChI=1S/C17H14F2N2O/c1-9-3-6-15(22)11(7-9)13-8-14(21-20-13)16-12(18)5-4-10(2)17(16)19/h3-8,22H,1-2H3,(H,20,21). The lowest BCUT2D eigenvalue weighted by atomic mass is 10.0. The van der Waals surface area contributed by atoms with E-state index in [1.165, 1.54) is 18.2 Å². The zero-order chi connectivity index (χ0) is 15.9. The van der Waals surface area contributed by atoms with Crippen LogP contribution in [0.15, 0.2) is 36.4 Å². The maximum absolute atomic E-state index is 14.2. The highest BCUT2D eigenvalue weighted by Crippen LogP contribution is 2.33. The number of nitrogens with zero attached hydrogens (tertiary/aromatic N) is 1. The fraction of sp³-hybridized carbons (Fsp3) is 0.118. The number of nitrogens with one attached hydrogen (secondary N) is 1. The van der Waals surface area contributed by atoms with Crippen LogP contribution in [0.3, 0.4) is 0 Å². The Labute approximate surface area is 126 Å². The molecule has 112 valence electrons. The predicted octanol–water partition coefficient (Wildman–Crippen LogP) is 4.34. The third kappa shape index (κ3) is 2.35. The molecule has 3 rings (SSSR count). The number of rotatable bonds is 2. The molecular weight excluding hydrogens is 286 g/mol. The highest BCUT2D eigenvalue weighted by atomic mass is 19.1. The van der Waals surface area contributed by atoms with Crippen molar-refractivity contribution in [2.45, 2.75) is 13.8 Å². The summed E-state index contributed by atoms with van der Waals surface area (Å²) in [6.07, 6.45) is 0. The maximum atomic E-state index is 14.2. The van der Waals surface area contributed by atoms with Crippen LogP contribution >= 0.6 is 0 Å². The number of phenolic OH excluding ortho intramolecular Hbond substituents is 1. The van der Waals surface area contributed by atoms with Gasteiger partial charge in [0.15, 0.2) is 0 Å². The van der Waals surface area contributed by atoms with Gasteiger partial charge in [-0.15, -0.1) is 0 Å². The van der Waals surface area contributed by atoms with Gasteiger partial charge in [-0.25, -0.2) is 8.78 Å². The van der Waals surface area contributed by atoms with Crippen molar-refractivity contribution in [1.29, 1.82) is 0 Å². The molecule has 0 aliphatic heterocycles. The summed E-state index contributed by atoms with van der Waals surface area (Å²) in [5.74, 6) is -1.22. The molecule has 0 aliphatic carbocycles. The van der Waals surface area contributed by atoms with Crippen LogP contribution in [0.5, 0.6) is 5.75 Å². The highest BCUT2D eigenvalue weighted by molar-refractivity contribution is 5.73. The minimum atomic E-state index is -0.660. The Morgan fingerprint density at radius 3 is 2.59 bits per heavy atom. The van der Waals surface area contributed by atoms with Gasteiger partial charge in [0, 0.05) is 5.56 Å². The van der Waals surface area contributed by atoms with Crippen molar-refractivity contribution in [3.05, 3.63) is 59.2 Å². The number of aromatic amines is 1. The molecule has 2 aromatic carbocycles. The summed E-state index contributed by atoms with van der Waals surface area (Å²) in [6, 6.07) is 9.23. The minimum Gasteiger partial charge on any atom is -0.507 e. The Morgan fingerprint density at radius 1 is 1.05 bits per heavy atom. The van der Waals surface area contributed by atoms with Gasteiger partial charge in [-0.1, -0.05) is 17.7 Å². The third-order valence-electron chi connectivity index (χ3n) is 3.56. The van der Waals surface area contributed by atoms with Crippen molar-refractivity contribution in [1.82, 2.24) is 10.2 Å². The van der Waals surface area contributed by atoms with Gasteiger partial charge in [0.1, 0.15) is 17.4 Å². The van der Waals surface area contributed by atoms with E-state index in [1.54, 1.807) is 25.1 Å². The van der Waals surface area contributed by atoms with Crippen molar-refractivity contribution in [3.63, 3.8) is 0 Å². The van der Waals surface area contributed by atoms with Crippen LogP contribution in [-0.2, 0) is 0 Å². The second-order valence-electron chi connectivity index (χ2n) is 5.24. The molecule has 0 fully saturated rings. The SMILES string of the molecule is Cc1ccc(O)c(-c2cc(-c3c(F)ccc(C)c3F)[nH]n2)c1. The Morgan fingerprint density at radius 2 is 1.82 bits per heavy atom. The average Bonchev–Trinajstić information content (AvgIpc) is 2.95. The zero-order valence-corrected chi connectivity index (χ0v) is 12.1. The molecule has 2 N–H and O–H groups in total. The largest absolute Gasteiger partial charge is 0.507 e. The molecule has 0 amide bonds. The molecule has 0 bridgehead atoms. The number of aryl methyl sites for hydroxylation is 2. The Hall–Kier alpha value is -2.69. The van der Waals surface area contributed by atoms with Crippen molar-refractivity contribution >= 4 is 0 Å². The molecule has 1 aromatic heterocycles. The van der Waals surface area contributed by atoms with E-state index in [2.05, 4.69) is 10.2 Å². The maximum Gasteiger partial charge on any atom is 0.138 e. The van der Waals surface area contributed by atoms with Crippen LogP contribution < -0.4 is 0 Å². The van der Waals surface area contributed by atoms with Crippen LogP contribution in [0.25, 0.3) is 22.5 Å². The molecule has 0 spiro atoms. The van der Waals surface area contributed by atoms with Gasteiger partial charge in [-0.05, 0) is 43.7 Å². The van der Waals surface area contributed by atoms with Crippen molar-refractivity contribution in [2.75, 3.05) is 0 Å². The second kappa shape index (κ2) is 5.26. The van der Waals surface area contributed by atoms with Gasteiger partial charge in [0.25, 0.3) is 0 Å². The predicted molar refractivity (Wildman–Crippen MR) is 80.5 cm³/mol. The highest BCUT2D eigenvalue weighted by Gasteiger charge is 2.17. The first-order valence-corrected chi connectivity index (χ1v) is 6.77. The number of aromatic nitrogens is 2. The molecular formula is C17H14F2N2O. The zero-order valence-electron chi connectivity index (χ0n) is 12.1. The lowest BCUT2D eigenvalue weighted by Crippen LogP contribution is -1.93. The van der Waals surface area contributed by atoms with E-state index >= 15 is 0 Å². The summed E-state index contributed by atoms with van der Waals surface area (Å²) < 4.78 is 28.1. The first kappa shape index (κ1) is 14.3. The van der Waals surface area contributed by atoms with Crippen LogP contribution in [0.2, 0.25) is 0 Å². The van der Waals surface area contributed by atoms with E-state index in [0.717, 1.165) is 5.56 Å². The first-order valence-electron chi connectivity index (χ1n) is 6.77. The van der Waals surface area contributed by atoms with Crippen molar-refractivity contribution < 1.29 is 13.9 Å². The average molecular weight is 300 g/mol. The molecule has 0 radical (unpaired) electrons. The molecule has 0 aliphatic rings. The minimum absolute atomic E-state index is 0.0637. The normalized spacial score (nSPS) is 10.9. The lowest BCUT2D eigenvalue weighted by molar-refractivity contribution is 0.477. The summed E-state index contributed by atoms with van der Waals surface area (Å²) in [5.41, 5.74) is 2.32. The van der Waals surface area contributed by atoms with E-state index in [9.17, 15) is 13.9 Å². The molecule has 0 unspecified atom stereocenters. The molecule has 3 aromatic rings. The molecule has 0 saturated carbocycles. The lowest BCUT2D eigenvalue weighted by Gasteiger charge is -2.04. The topological polar surface area (TPSA) is 48.9 Å². The molecule has 3 nitrogen and oxygen atoms in total. The molecule has 0 atom stereocenters. The van der Waals surface area contributed by atoms with Gasteiger partial charge >= 0.3 is 0 Å². The molecule has 22 heavy (non-hydrogen) atoms. The fourth-order valence-corrected chi connectivity index (χ4v) is 2.35. The van der Waals surface area contributed by atoms with E-state index in [1.807, 2.05) is 6.92 Å². The number of halogens is 2. The summed E-state index contributed by atoms with van der Waals surface area (Å²) in [6.45, 7) is 3.46. The summed E-state index contributed by atoms with van der Waals surface area (Å²) in [5, 5.41) is 16.6. The third-order valence-corrected chi connectivity index (χ3v) is 3.56. The number of aromatic hydroxyl groups is 1. The van der Waals surface area contributed by atoms with E-state index in [4.69, 9.17) is 0 Å². The van der Waals surface area contributed by atoms with Gasteiger partial charge in [0.05, 0.1) is 17.0 Å². The Balaban J connectivity index is 2.13. The van der Waals surface area contributed by atoms with Crippen LogP contribution in [0, 0.1) is 25.5 Å². The Kier molecular flexibility index (Phi) is 3.41. The van der Waals surface area contributed by atoms with Gasteiger partial charge < -0.3 is 5.11 Å². The summed E-state index contributed by atoms with van der Waals surface area (Å²) in [7, 11) is 0. The second-order valence-corrected chi connectivity index (χ2v) is 5.24. The monoisotopic (exact) mass is 300 g/mol. The smallest absolute Gasteiger partial charge is 0.138 e. The van der Waals surface area contributed by atoms with E-state index in [0.29, 0.717) is 16.8 Å². The number of hydrogen-bond acceptors (Lipinski definition) is 2. The fourth-order valence-electron chi connectivity index (χ4n) is 2.35. The van der Waals surface area contributed by atoms with E-state index < -0.39 is 11.6 Å². The van der Waals surface area contributed by atoms with Crippen LogP contribution in [0.1, 0.15) is 11.1 Å². The van der Waals surface area contributed by atoms with Crippen molar-refractivity contribution in [3.8, 4) is 28.3 Å². The number of H-pyrrole nitrogens is 1. The molecule has 1 heterocycles. The summed E-state index contributed by atoms with van der Waals surface area (Å²) in [4.78, 5) is 0. The van der Waals surface area contributed by atoms with Crippen LogP contribution in [-0.4, -0.2) is 15.3 Å². The Bertz CT molecular complexity index is 856.